The summed E-state index contributed by atoms with van der Waals surface area (Å²) >= 11 is 6.58. The standard InChI is InChI=1S/C25H21ClO3/c1-16-21-13-17(14-22(26)18-9-11-20(27-2)12-10-18)15-23(28-3)25(21)29-24(16)19-7-5-4-6-8-19/h4-15H,1-3H3/b22-14-. The summed E-state index contributed by atoms with van der Waals surface area (Å²) in [4.78, 5) is 0. The van der Waals surface area contributed by atoms with Gasteiger partial charge in [-0.1, -0.05) is 41.9 Å². The van der Waals surface area contributed by atoms with Gasteiger partial charge in [0.2, 0.25) is 0 Å². The summed E-state index contributed by atoms with van der Waals surface area (Å²) in [6.45, 7) is 2.06. The number of ether oxygens (including phenoxy) is 2. The van der Waals surface area contributed by atoms with E-state index in [1.165, 1.54) is 0 Å². The monoisotopic (exact) mass is 404 g/mol. The molecule has 0 aliphatic carbocycles. The quantitative estimate of drug-likeness (QED) is 0.330. The van der Waals surface area contributed by atoms with Crippen LogP contribution in [0.15, 0.2) is 71.1 Å². The van der Waals surface area contributed by atoms with Crippen LogP contribution < -0.4 is 9.47 Å². The molecule has 0 N–H and O–H groups in total. The zero-order valence-electron chi connectivity index (χ0n) is 16.5. The average Bonchev–Trinajstić information content (AvgIpc) is 3.10. The van der Waals surface area contributed by atoms with E-state index in [2.05, 4.69) is 13.0 Å². The van der Waals surface area contributed by atoms with Gasteiger partial charge in [0, 0.05) is 21.5 Å². The Kier molecular flexibility index (Phi) is 5.32. The zero-order valence-corrected chi connectivity index (χ0v) is 17.3. The number of rotatable bonds is 5. The number of aryl methyl sites for hydroxylation is 1. The van der Waals surface area contributed by atoms with E-state index < -0.39 is 0 Å². The second-order valence-electron chi connectivity index (χ2n) is 6.74. The van der Waals surface area contributed by atoms with Crippen LogP contribution in [0, 0.1) is 6.92 Å². The van der Waals surface area contributed by atoms with Gasteiger partial charge in [-0.2, -0.15) is 0 Å². The number of hydrogen-bond donors (Lipinski definition) is 0. The second kappa shape index (κ2) is 8.06. The van der Waals surface area contributed by atoms with Gasteiger partial charge < -0.3 is 13.9 Å². The van der Waals surface area contributed by atoms with E-state index in [9.17, 15) is 0 Å². The third kappa shape index (κ3) is 3.74. The van der Waals surface area contributed by atoms with Crippen LogP contribution in [0.1, 0.15) is 16.7 Å². The van der Waals surface area contributed by atoms with Crippen LogP contribution in [-0.2, 0) is 0 Å². The van der Waals surface area contributed by atoms with Crippen molar-refractivity contribution in [3.05, 3.63) is 83.4 Å². The Morgan fingerprint density at radius 2 is 1.66 bits per heavy atom. The molecule has 0 fully saturated rings. The van der Waals surface area contributed by atoms with Crippen molar-refractivity contribution in [2.24, 2.45) is 0 Å². The summed E-state index contributed by atoms with van der Waals surface area (Å²) in [6.07, 6.45) is 1.93. The molecule has 29 heavy (non-hydrogen) atoms. The molecule has 1 aromatic heterocycles. The van der Waals surface area contributed by atoms with E-state index in [1.54, 1.807) is 14.2 Å². The molecule has 0 unspecified atom stereocenters. The topological polar surface area (TPSA) is 31.6 Å². The highest BCUT2D eigenvalue weighted by Gasteiger charge is 2.16. The van der Waals surface area contributed by atoms with Crippen molar-refractivity contribution in [3.63, 3.8) is 0 Å². The summed E-state index contributed by atoms with van der Waals surface area (Å²) in [7, 11) is 3.29. The molecule has 1 heterocycles. The van der Waals surface area contributed by atoms with E-state index >= 15 is 0 Å². The lowest BCUT2D eigenvalue weighted by Gasteiger charge is -2.05. The molecule has 0 amide bonds. The van der Waals surface area contributed by atoms with Gasteiger partial charge in [-0.05, 0) is 60.5 Å². The Morgan fingerprint density at radius 3 is 2.31 bits per heavy atom. The highest BCUT2D eigenvalue weighted by atomic mass is 35.5. The SMILES string of the molecule is COc1ccc(/C(Cl)=C/c2cc(OC)c3oc(-c4ccccc4)c(C)c3c2)cc1. The third-order valence-corrected chi connectivity index (χ3v) is 5.27. The lowest BCUT2D eigenvalue weighted by Crippen LogP contribution is -1.86. The minimum Gasteiger partial charge on any atom is -0.497 e. The first kappa shape index (κ1) is 19.2. The Bertz CT molecular complexity index is 1170. The lowest BCUT2D eigenvalue weighted by atomic mass is 10.0. The summed E-state index contributed by atoms with van der Waals surface area (Å²) < 4.78 is 17.0. The molecule has 3 nitrogen and oxygen atoms in total. The Morgan fingerprint density at radius 1 is 0.931 bits per heavy atom. The Hall–Kier alpha value is -3.17. The van der Waals surface area contributed by atoms with E-state index in [1.807, 2.05) is 66.7 Å². The minimum atomic E-state index is 0.637. The van der Waals surface area contributed by atoms with Gasteiger partial charge in [0.1, 0.15) is 11.5 Å². The molecule has 0 saturated heterocycles. The van der Waals surface area contributed by atoms with Gasteiger partial charge in [-0.3, -0.25) is 0 Å². The molecule has 0 spiro atoms. The van der Waals surface area contributed by atoms with Crippen molar-refractivity contribution >= 4 is 33.7 Å². The van der Waals surface area contributed by atoms with Crippen LogP contribution in [0.3, 0.4) is 0 Å². The number of benzene rings is 3. The molecule has 4 aromatic rings. The van der Waals surface area contributed by atoms with Crippen molar-refractivity contribution in [2.45, 2.75) is 6.92 Å². The van der Waals surface area contributed by atoms with E-state index in [0.717, 1.165) is 44.7 Å². The van der Waals surface area contributed by atoms with Crippen molar-refractivity contribution < 1.29 is 13.9 Å². The average molecular weight is 405 g/mol. The van der Waals surface area contributed by atoms with E-state index in [-0.39, 0.29) is 0 Å². The number of furan rings is 1. The first-order chi connectivity index (χ1) is 14.1. The maximum absolute atomic E-state index is 6.58. The fourth-order valence-electron chi connectivity index (χ4n) is 3.39. The molecule has 0 radical (unpaired) electrons. The summed E-state index contributed by atoms with van der Waals surface area (Å²) in [5, 5.41) is 1.65. The third-order valence-electron chi connectivity index (χ3n) is 4.94. The highest BCUT2D eigenvalue weighted by molar-refractivity contribution is 6.51. The van der Waals surface area contributed by atoms with E-state index in [4.69, 9.17) is 25.5 Å². The molecule has 0 atom stereocenters. The molecule has 3 aromatic carbocycles. The number of methoxy groups -OCH3 is 2. The molecule has 0 bridgehead atoms. The van der Waals surface area contributed by atoms with Gasteiger partial charge in [0.05, 0.1) is 14.2 Å². The van der Waals surface area contributed by atoms with Crippen LogP contribution in [0.5, 0.6) is 11.5 Å². The maximum atomic E-state index is 6.58. The summed E-state index contributed by atoms with van der Waals surface area (Å²) in [6, 6.07) is 21.7. The fourth-order valence-corrected chi connectivity index (χ4v) is 3.64. The minimum absolute atomic E-state index is 0.637. The summed E-state index contributed by atoms with van der Waals surface area (Å²) in [5.41, 5.74) is 4.71. The van der Waals surface area contributed by atoms with Gasteiger partial charge in [0.25, 0.3) is 0 Å². The highest BCUT2D eigenvalue weighted by Crippen LogP contribution is 2.39. The predicted molar refractivity (Wildman–Crippen MR) is 120 cm³/mol. The lowest BCUT2D eigenvalue weighted by molar-refractivity contribution is 0.411. The van der Waals surface area contributed by atoms with Gasteiger partial charge in [-0.15, -0.1) is 0 Å². The second-order valence-corrected chi connectivity index (χ2v) is 7.15. The Labute approximate surface area is 175 Å². The van der Waals surface area contributed by atoms with Crippen molar-refractivity contribution in [1.29, 1.82) is 0 Å². The smallest absolute Gasteiger partial charge is 0.176 e. The van der Waals surface area contributed by atoms with Crippen molar-refractivity contribution in [3.8, 4) is 22.8 Å². The van der Waals surface area contributed by atoms with Crippen LogP contribution in [0.25, 0.3) is 33.4 Å². The van der Waals surface area contributed by atoms with Crippen LogP contribution in [0.2, 0.25) is 0 Å². The van der Waals surface area contributed by atoms with Crippen LogP contribution >= 0.6 is 11.6 Å². The van der Waals surface area contributed by atoms with Gasteiger partial charge in [-0.25, -0.2) is 0 Å². The van der Waals surface area contributed by atoms with Crippen LogP contribution in [0.4, 0.5) is 0 Å². The molecular weight excluding hydrogens is 384 g/mol. The molecule has 4 heteroatoms. The Balaban J connectivity index is 1.80. The van der Waals surface area contributed by atoms with Crippen molar-refractivity contribution in [1.82, 2.24) is 0 Å². The first-order valence-electron chi connectivity index (χ1n) is 9.29. The first-order valence-corrected chi connectivity index (χ1v) is 9.66. The predicted octanol–water partition coefficient (Wildman–Crippen LogP) is 7.16. The fraction of sp³-hybridized carbons (Fsp3) is 0.120. The molecule has 0 aliphatic heterocycles. The number of halogens is 1. The van der Waals surface area contributed by atoms with Crippen molar-refractivity contribution in [2.75, 3.05) is 14.2 Å². The van der Waals surface area contributed by atoms with Crippen LogP contribution in [-0.4, -0.2) is 14.2 Å². The van der Waals surface area contributed by atoms with E-state index in [0.29, 0.717) is 10.8 Å². The zero-order chi connectivity index (χ0) is 20.4. The normalized spacial score (nSPS) is 11.7. The van der Waals surface area contributed by atoms with Gasteiger partial charge in [0.15, 0.2) is 11.3 Å². The number of fused-ring (bicyclic) bond motifs is 1. The molecule has 0 aliphatic rings. The molecular formula is C25H21ClO3. The molecule has 146 valence electrons. The molecule has 4 rings (SSSR count). The largest absolute Gasteiger partial charge is 0.497 e. The molecule has 0 saturated carbocycles. The maximum Gasteiger partial charge on any atom is 0.176 e. The van der Waals surface area contributed by atoms with Gasteiger partial charge >= 0.3 is 0 Å². The summed E-state index contributed by atoms with van der Waals surface area (Å²) in [5.74, 6) is 2.32. The number of hydrogen-bond acceptors (Lipinski definition) is 3.